The Labute approximate surface area is 176 Å². The topological polar surface area (TPSA) is 78.4 Å². The van der Waals surface area contributed by atoms with Crippen LogP contribution in [0.4, 0.5) is 0 Å². The van der Waals surface area contributed by atoms with Crippen LogP contribution < -0.4 is 10.6 Å². The molecule has 1 aromatic rings. The highest BCUT2D eigenvalue weighted by molar-refractivity contribution is 5.87. The summed E-state index contributed by atoms with van der Waals surface area (Å²) in [5, 5.41) is 15.3. The Kier molecular flexibility index (Phi) is 11.4. The molecule has 0 aliphatic carbocycles. The van der Waals surface area contributed by atoms with Gasteiger partial charge in [0.25, 0.3) is 0 Å². The van der Waals surface area contributed by atoms with Crippen LogP contribution in [0.1, 0.15) is 84.6 Å². The molecule has 0 aliphatic heterocycles. The van der Waals surface area contributed by atoms with E-state index in [0.717, 1.165) is 31.2 Å². The van der Waals surface area contributed by atoms with Crippen LogP contribution in [-0.2, 0) is 16.0 Å². The summed E-state index contributed by atoms with van der Waals surface area (Å²) >= 11 is 0. The summed E-state index contributed by atoms with van der Waals surface area (Å²) in [6, 6.07) is 6.49. The van der Waals surface area contributed by atoms with Crippen LogP contribution in [0.3, 0.4) is 0 Å². The molecule has 5 heteroatoms. The minimum atomic E-state index is -0.489. The molecule has 3 N–H and O–H groups in total. The average Bonchev–Trinajstić information content (AvgIpc) is 2.65. The predicted octanol–water partition coefficient (Wildman–Crippen LogP) is 4.72. The number of amides is 2. The van der Waals surface area contributed by atoms with Gasteiger partial charge in [0, 0.05) is 13.0 Å². The smallest absolute Gasteiger partial charge is 0.242 e. The van der Waals surface area contributed by atoms with Gasteiger partial charge in [-0.1, -0.05) is 65.5 Å². The number of aromatic hydroxyl groups is 1. The number of unbranched alkanes of at least 4 members (excludes halogenated alkanes) is 4. The molecule has 0 fully saturated rings. The van der Waals surface area contributed by atoms with E-state index in [9.17, 15) is 14.7 Å². The highest BCUT2D eigenvalue weighted by atomic mass is 16.3. The summed E-state index contributed by atoms with van der Waals surface area (Å²) in [6.45, 7) is 9.10. The van der Waals surface area contributed by atoms with Crippen LogP contribution in [0, 0.1) is 5.41 Å². The molecule has 1 aromatic carbocycles. The summed E-state index contributed by atoms with van der Waals surface area (Å²) in [5.74, 6) is 0.0823. The van der Waals surface area contributed by atoms with Gasteiger partial charge in [0.2, 0.25) is 11.8 Å². The van der Waals surface area contributed by atoms with Crippen molar-refractivity contribution in [2.75, 3.05) is 6.54 Å². The molecule has 5 nitrogen and oxygen atoms in total. The molecule has 0 unspecified atom stereocenters. The summed E-state index contributed by atoms with van der Waals surface area (Å²) < 4.78 is 0. The second kappa shape index (κ2) is 13.2. The lowest BCUT2D eigenvalue weighted by Crippen LogP contribution is -2.47. The summed E-state index contributed by atoms with van der Waals surface area (Å²) in [7, 11) is 0. The van der Waals surface area contributed by atoms with E-state index in [1.165, 1.54) is 12.8 Å². The molecule has 0 bridgehead atoms. The lowest BCUT2D eigenvalue weighted by Gasteiger charge is -2.23. The fourth-order valence-electron chi connectivity index (χ4n) is 3.12. The summed E-state index contributed by atoms with van der Waals surface area (Å²) in [5.41, 5.74) is 1.15. The lowest BCUT2D eigenvalue weighted by molar-refractivity contribution is -0.129. The maximum absolute atomic E-state index is 12.7. The van der Waals surface area contributed by atoms with Crippen molar-refractivity contribution >= 4 is 11.8 Å². The van der Waals surface area contributed by atoms with Gasteiger partial charge in [-0.2, -0.15) is 0 Å². The van der Waals surface area contributed by atoms with Crippen LogP contribution in [0.25, 0.3) is 0 Å². The van der Waals surface area contributed by atoms with Crippen molar-refractivity contribution in [1.29, 1.82) is 0 Å². The zero-order valence-electron chi connectivity index (χ0n) is 18.7. The predicted molar refractivity (Wildman–Crippen MR) is 119 cm³/mol. The molecule has 0 spiro atoms. The van der Waals surface area contributed by atoms with Crippen LogP contribution in [-0.4, -0.2) is 29.5 Å². The van der Waals surface area contributed by atoms with Gasteiger partial charge in [-0.05, 0) is 48.8 Å². The second-order valence-corrected chi connectivity index (χ2v) is 9.09. The molecule has 1 atom stereocenters. The third-order valence-corrected chi connectivity index (χ3v) is 4.99. The minimum Gasteiger partial charge on any atom is -0.508 e. The SMILES string of the molecule is CCCCCCCC(=O)N[C@H](CCC(C)(C)C)C(=O)NCCc1ccc(O)cc1. The Balaban J connectivity index is 2.49. The molecular weight excluding hydrogens is 364 g/mol. The highest BCUT2D eigenvalue weighted by Gasteiger charge is 2.23. The minimum absolute atomic E-state index is 0.0332. The molecule has 1 rings (SSSR count). The number of phenolic OH excluding ortho intramolecular Hbond substituents is 1. The van der Waals surface area contributed by atoms with Crippen molar-refractivity contribution in [2.45, 2.75) is 91.5 Å². The van der Waals surface area contributed by atoms with Gasteiger partial charge < -0.3 is 15.7 Å². The standard InChI is InChI=1S/C24H40N2O3/c1-5-6-7-8-9-10-22(28)26-21(15-17-24(2,3)4)23(29)25-18-16-19-11-13-20(27)14-12-19/h11-14,21,27H,5-10,15-18H2,1-4H3,(H,25,29)(H,26,28)/t21-/m1/s1. The molecule has 0 saturated heterocycles. The largest absolute Gasteiger partial charge is 0.508 e. The first-order chi connectivity index (χ1) is 13.7. The number of hydrogen-bond donors (Lipinski definition) is 3. The molecule has 0 aliphatic rings. The van der Waals surface area contributed by atoms with Crippen molar-refractivity contribution in [2.24, 2.45) is 5.41 Å². The van der Waals surface area contributed by atoms with Crippen molar-refractivity contribution in [3.8, 4) is 5.75 Å². The number of nitrogens with one attached hydrogen (secondary N) is 2. The fourth-order valence-corrected chi connectivity index (χ4v) is 3.12. The van der Waals surface area contributed by atoms with Gasteiger partial charge in [0.05, 0.1) is 0 Å². The Bertz CT molecular complexity index is 606. The Morgan fingerprint density at radius 3 is 2.31 bits per heavy atom. The Hall–Kier alpha value is -2.04. The van der Waals surface area contributed by atoms with E-state index in [4.69, 9.17) is 0 Å². The molecule has 29 heavy (non-hydrogen) atoms. The second-order valence-electron chi connectivity index (χ2n) is 9.09. The first-order valence-corrected chi connectivity index (χ1v) is 11.1. The van der Waals surface area contributed by atoms with Gasteiger partial charge in [-0.25, -0.2) is 0 Å². The number of rotatable bonds is 13. The maximum Gasteiger partial charge on any atom is 0.242 e. The Morgan fingerprint density at radius 1 is 1.03 bits per heavy atom. The van der Waals surface area contributed by atoms with E-state index in [-0.39, 0.29) is 23.0 Å². The average molecular weight is 405 g/mol. The molecular formula is C24H40N2O3. The van der Waals surface area contributed by atoms with Crippen LogP contribution in [0.5, 0.6) is 5.75 Å². The number of carbonyl (C=O) groups is 2. The first kappa shape index (κ1) is 25.0. The molecule has 0 saturated carbocycles. The molecule has 164 valence electrons. The third kappa shape index (κ3) is 12.2. The number of hydrogen-bond acceptors (Lipinski definition) is 3. The fraction of sp³-hybridized carbons (Fsp3) is 0.667. The Morgan fingerprint density at radius 2 is 1.69 bits per heavy atom. The zero-order chi connectivity index (χ0) is 21.7. The van der Waals surface area contributed by atoms with E-state index in [1.807, 2.05) is 12.1 Å². The quantitative estimate of drug-likeness (QED) is 0.416. The number of carbonyl (C=O) groups excluding carboxylic acids is 2. The van der Waals surface area contributed by atoms with Gasteiger partial charge in [-0.3, -0.25) is 9.59 Å². The zero-order valence-corrected chi connectivity index (χ0v) is 18.7. The molecule has 2 amide bonds. The summed E-state index contributed by atoms with van der Waals surface area (Å²) in [4.78, 5) is 25.0. The number of phenols is 1. The monoisotopic (exact) mass is 404 g/mol. The van der Waals surface area contributed by atoms with Crippen molar-refractivity contribution < 1.29 is 14.7 Å². The van der Waals surface area contributed by atoms with Crippen molar-refractivity contribution in [3.05, 3.63) is 29.8 Å². The van der Waals surface area contributed by atoms with Gasteiger partial charge in [0.1, 0.15) is 11.8 Å². The third-order valence-electron chi connectivity index (χ3n) is 4.99. The van der Waals surface area contributed by atoms with E-state index in [1.54, 1.807) is 12.1 Å². The maximum atomic E-state index is 12.7. The molecule has 0 aromatic heterocycles. The molecule has 0 radical (unpaired) electrons. The lowest BCUT2D eigenvalue weighted by atomic mass is 9.88. The van der Waals surface area contributed by atoms with Gasteiger partial charge in [-0.15, -0.1) is 0 Å². The van der Waals surface area contributed by atoms with Crippen molar-refractivity contribution in [3.63, 3.8) is 0 Å². The number of benzene rings is 1. The molecule has 0 heterocycles. The van der Waals surface area contributed by atoms with Crippen LogP contribution in [0.15, 0.2) is 24.3 Å². The highest BCUT2D eigenvalue weighted by Crippen LogP contribution is 2.22. The van der Waals surface area contributed by atoms with Gasteiger partial charge in [0.15, 0.2) is 0 Å². The summed E-state index contributed by atoms with van der Waals surface area (Å²) in [6.07, 6.45) is 8.16. The van der Waals surface area contributed by atoms with Crippen LogP contribution >= 0.6 is 0 Å². The van der Waals surface area contributed by atoms with Crippen LogP contribution in [0.2, 0.25) is 0 Å². The van der Waals surface area contributed by atoms with E-state index in [2.05, 4.69) is 38.3 Å². The van der Waals surface area contributed by atoms with E-state index >= 15 is 0 Å². The van der Waals surface area contributed by atoms with Gasteiger partial charge >= 0.3 is 0 Å². The normalized spacial score (nSPS) is 12.4. The van der Waals surface area contributed by atoms with E-state index in [0.29, 0.717) is 25.8 Å². The van der Waals surface area contributed by atoms with E-state index < -0.39 is 6.04 Å². The van der Waals surface area contributed by atoms with Crippen molar-refractivity contribution in [1.82, 2.24) is 10.6 Å². The first-order valence-electron chi connectivity index (χ1n) is 11.1.